The van der Waals surface area contributed by atoms with Gasteiger partial charge in [0.1, 0.15) is 6.54 Å². The molecule has 28 heavy (non-hydrogen) atoms. The van der Waals surface area contributed by atoms with Crippen LogP contribution in [0.5, 0.6) is 0 Å². The van der Waals surface area contributed by atoms with Crippen LogP contribution in [-0.4, -0.2) is 27.9 Å². The van der Waals surface area contributed by atoms with Crippen molar-refractivity contribution in [3.63, 3.8) is 0 Å². The second-order valence-electron chi connectivity index (χ2n) is 6.17. The third-order valence-electron chi connectivity index (χ3n) is 4.22. The van der Waals surface area contributed by atoms with Crippen molar-refractivity contribution in [2.45, 2.75) is 19.9 Å². The van der Waals surface area contributed by atoms with Crippen molar-refractivity contribution >= 4 is 40.0 Å². The molecule has 0 spiro atoms. The van der Waals surface area contributed by atoms with Crippen LogP contribution < -0.4 is 16.2 Å². The van der Waals surface area contributed by atoms with Gasteiger partial charge in [-0.25, -0.2) is 4.98 Å². The SMILES string of the molecule is CCc1ccccc1NC(=O)CNC(=O)Cn1cnc2ccc(Cl)cc2c1=O. The Hall–Kier alpha value is -3.19. The molecule has 2 amide bonds. The van der Waals surface area contributed by atoms with Crippen molar-refractivity contribution < 1.29 is 9.59 Å². The molecule has 1 aromatic heterocycles. The smallest absolute Gasteiger partial charge is 0.261 e. The Morgan fingerprint density at radius 2 is 1.93 bits per heavy atom. The van der Waals surface area contributed by atoms with Crippen LogP contribution in [0.1, 0.15) is 12.5 Å². The number of hydrogen-bond acceptors (Lipinski definition) is 4. The number of nitrogens with zero attached hydrogens (tertiary/aromatic N) is 2. The average Bonchev–Trinajstić information content (AvgIpc) is 2.69. The summed E-state index contributed by atoms with van der Waals surface area (Å²) < 4.78 is 1.18. The summed E-state index contributed by atoms with van der Waals surface area (Å²) in [7, 11) is 0. The van der Waals surface area contributed by atoms with Crippen molar-refractivity contribution in [1.82, 2.24) is 14.9 Å². The molecular weight excluding hydrogens is 380 g/mol. The Labute approximate surface area is 166 Å². The minimum absolute atomic E-state index is 0.196. The van der Waals surface area contributed by atoms with Gasteiger partial charge in [0.25, 0.3) is 5.56 Å². The van der Waals surface area contributed by atoms with Crippen molar-refractivity contribution in [3.05, 3.63) is 69.7 Å². The molecule has 0 bridgehead atoms. The maximum Gasteiger partial charge on any atom is 0.261 e. The van der Waals surface area contributed by atoms with E-state index >= 15 is 0 Å². The lowest BCUT2D eigenvalue weighted by Gasteiger charge is -2.11. The van der Waals surface area contributed by atoms with Crippen LogP contribution in [0, 0.1) is 0 Å². The molecule has 8 heteroatoms. The number of halogens is 1. The number of carbonyl (C=O) groups excluding carboxylic acids is 2. The second kappa shape index (κ2) is 8.67. The van der Waals surface area contributed by atoms with Crippen LogP contribution in [0.3, 0.4) is 0 Å². The zero-order valence-electron chi connectivity index (χ0n) is 15.2. The molecule has 2 N–H and O–H groups in total. The minimum Gasteiger partial charge on any atom is -0.345 e. The van der Waals surface area contributed by atoms with Gasteiger partial charge >= 0.3 is 0 Å². The highest BCUT2D eigenvalue weighted by Gasteiger charge is 2.11. The zero-order chi connectivity index (χ0) is 20.1. The van der Waals surface area contributed by atoms with E-state index in [-0.39, 0.29) is 24.6 Å². The molecule has 0 radical (unpaired) electrons. The number of para-hydroxylation sites is 1. The van der Waals surface area contributed by atoms with Crippen molar-refractivity contribution in [2.75, 3.05) is 11.9 Å². The zero-order valence-corrected chi connectivity index (χ0v) is 16.0. The van der Waals surface area contributed by atoms with Gasteiger partial charge in [-0.15, -0.1) is 0 Å². The molecule has 3 rings (SSSR count). The van der Waals surface area contributed by atoms with Gasteiger partial charge < -0.3 is 10.6 Å². The van der Waals surface area contributed by atoms with E-state index in [4.69, 9.17) is 11.6 Å². The van der Waals surface area contributed by atoms with E-state index in [1.807, 2.05) is 31.2 Å². The number of amides is 2. The lowest BCUT2D eigenvalue weighted by Crippen LogP contribution is -2.37. The van der Waals surface area contributed by atoms with E-state index in [0.29, 0.717) is 15.9 Å². The highest BCUT2D eigenvalue weighted by Crippen LogP contribution is 2.15. The molecule has 0 unspecified atom stereocenters. The predicted molar refractivity (Wildman–Crippen MR) is 108 cm³/mol. The second-order valence-corrected chi connectivity index (χ2v) is 6.61. The van der Waals surface area contributed by atoms with E-state index < -0.39 is 5.91 Å². The minimum atomic E-state index is -0.468. The topological polar surface area (TPSA) is 93.1 Å². The fourth-order valence-corrected chi connectivity index (χ4v) is 2.95. The molecule has 7 nitrogen and oxygen atoms in total. The van der Waals surface area contributed by atoms with Crippen LogP contribution in [-0.2, 0) is 22.6 Å². The van der Waals surface area contributed by atoms with Crippen molar-refractivity contribution in [3.8, 4) is 0 Å². The van der Waals surface area contributed by atoms with Gasteiger partial charge in [-0.3, -0.25) is 19.0 Å². The number of aryl methyl sites for hydroxylation is 1. The van der Waals surface area contributed by atoms with E-state index in [9.17, 15) is 14.4 Å². The molecule has 0 fully saturated rings. The first-order chi connectivity index (χ1) is 13.5. The Bertz CT molecular complexity index is 1090. The maximum absolute atomic E-state index is 12.5. The Balaban J connectivity index is 1.61. The van der Waals surface area contributed by atoms with Gasteiger partial charge in [-0.2, -0.15) is 0 Å². The number of anilines is 1. The summed E-state index contributed by atoms with van der Waals surface area (Å²) in [5.41, 5.74) is 1.86. The quantitative estimate of drug-likeness (QED) is 0.666. The van der Waals surface area contributed by atoms with Gasteiger partial charge in [-0.1, -0.05) is 36.7 Å². The number of rotatable bonds is 6. The number of nitrogens with one attached hydrogen (secondary N) is 2. The number of carbonyl (C=O) groups is 2. The van der Waals surface area contributed by atoms with Gasteiger partial charge in [-0.05, 0) is 36.2 Å². The number of aromatic nitrogens is 2. The molecule has 3 aromatic rings. The standard InChI is InChI=1S/C20H19ClN4O3/c1-2-13-5-3-4-6-16(13)24-18(26)10-22-19(27)11-25-12-23-17-8-7-14(21)9-15(17)20(25)28/h3-9,12H,2,10-11H2,1H3,(H,22,27)(H,24,26). The van der Waals surface area contributed by atoms with Crippen LogP contribution in [0.25, 0.3) is 10.9 Å². The lowest BCUT2D eigenvalue weighted by atomic mass is 10.1. The third kappa shape index (κ3) is 4.55. The molecular formula is C20H19ClN4O3. The van der Waals surface area contributed by atoms with Gasteiger partial charge in [0.05, 0.1) is 23.8 Å². The summed E-state index contributed by atoms with van der Waals surface area (Å²) in [4.78, 5) is 40.9. The highest BCUT2D eigenvalue weighted by molar-refractivity contribution is 6.31. The van der Waals surface area contributed by atoms with E-state index in [0.717, 1.165) is 17.7 Å². The lowest BCUT2D eigenvalue weighted by molar-refractivity contribution is -0.124. The molecule has 0 aliphatic rings. The molecule has 0 atom stereocenters. The van der Waals surface area contributed by atoms with Gasteiger partial charge in [0, 0.05) is 10.7 Å². The molecule has 0 aliphatic heterocycles. The first-order valence-electron chi connectivity index (χ1n) is 8.77. The number of fused-ring (bicyclic) bond motifs is 1. The molecule has 0 saturated carbocycles. The Morgan fingerprint density at radius 3 is 2.71 bits per heavy atom. The monoisotopic (exact) mass is 398 g/mol. The van der Waals surface area contributed by atoms with Gasteiger partial charge in [0.2, 0.25) is 11.8 Å². The van der Waals surface area contributed by atoms with Crippen LogP contribution >= 0.6 is 11.6 Å². The Morgan fingerprint density at radius 1 is 1.14 bits per heavy atom. The molecule has 0 aliphatic carbocycles. The fourth-order valence-electron chi connectivity index (χ4n) is 2.78. The molecule has 0 saturated heterocycles. The van der Waals surface area contributed by atoms with Crippen LogP contribution in [0.15, 0.2) is 53.6 Å². The van der Waals surface area contributed by atoms with Gasteiger partial charge in [0.15, 0.2) is 0 Å². The van der Waals surface area contributed by atoms with E-state index in [1.54, 1.807) is 12.1 Å². The summed E-state index contributed by atoms with van der Waals surface area (Å²) in [6, 6.07) is 12.3. The molecule has 2 aromatic carbocycles. The van der Waals surface area contributed by atoms with E-state index in [1.165, 1.54) is 17.0 Å². The first kappa shape index (κ1) is 19.6. The number of hydrogen-bond donors (Lipinski definition) is 2. The van der Waals surface area contributed by atoms with Crippen LogP contribution in [0.2, 0.25) is 5.02 Å². The Kier molecular flexibility index (Phi) is 6.06. The number of benzene rings is 2. The summed E-state index contributed by atoms with van der Waals surface area (Å²) in [5, 5.41) is 6.03. The molecule has 1 heterocycles. The summed E-state index contributed by atoms with van der Waals surface area (Å²) in [5.74, 6) is -0.811. The fraction of sp³-hybridized carbons (Fsp3) is 0.200. The first-order valence-corrected chi connectivity index (χ1v) is 9.15. The predicted octanol–water partition coefficient (Wildman–Crippen LogP) is 2.37. The third-order valence-corrected chi connectivity index (χ3v) is 4.45. The van der Waals surface area contributed by atoms with E-state index in [2.05, 4.69) is 15.6 Å². The maximum atomic E-state index is 12.5. The summed E-state index contributed by atoms with van der Waals surface area (Å²) in [6.07, 6.45) is 2.08. The normalized spacial score (nSPS) is 10.6. The van der Waals surface area contributed by atoms with Crippen molar-refractivity contribution in [1.29, 1.82) is 0 Å². The highest BCUT2D eigenvalue weighted by atomic mass is 35.5. The van der Waals surface area contributed by atoms with Crippen molar-refractivity contribution in [2.24, 2.45) is 0 Å². The summed E-state index contributed by atoms with van der Waals surface area (Å²) in [6.45, 7) is 1.56. The summed E-state index contributed by atoms with van der Waals surface area (Å²) >= 11 is 5.92. The molecule has 144 valence electrons. The average molecular weight is 399 g/mol. The largest absolute Gasteiger partial charge is 0.345 e. The van der Waals surface area contributed by atoms with Crippen LogP contribution in [0.4, 0.5) is 5.69 Å².